The zero-order valence-corrected chi connectivity index (χ0v) is 12.2. The molecule has 19 heavy (non-hydrogen) atoms. The van der Waals surface area contributed by atoms with Gasteiger partial charge in [-0.15, -0.1) is 0 Å². The van der Waals surface area contributed by atoms with Gasteiger partial charge >= 0.3 is 0 Å². The molecule has 5 nitrogen and oxygen atoms in total. The number of hydrogen-bond acceptors (Lipinski definition) is 4. The Morgan fingerprint density at radius 3 is 2.63 bits per heavy atom. The molecule has 0 radical (unpaired) electrons. The molecule has 3 N–H and O–H groups in total. The smallest absolute Gasteiger partial charge is 0.177 e. The first kappa shape index (κ1) is 14.0. The van der Waals surface area contributed by atoms with Crippen molar-refractivity contribution in [2.45, 2.75) is 30.6 Å². The zero-order chi connectivity index (χ0) is 14.3. The Balaban J connectivity index is 2.71. The number of nitrogens with one attached hydrogen (secondary N) is 1. The summed E-state index contributed by atoms with van der Waals surface area (Å²) >= 11 is 0. The van der Waals surface area contributed by atoms with Crippen LogP contribution in [-0.2, 0) is 15.3 Å². The number of para-hydroxylation sites is 1. The maximum Gasteiger partial charge on any atom is 0.177 e. The number of fused-ring (bicyclic) bond motifs is 1. The summed E-state index contributed by atoms with van der Waals surface area (Å²) in [4.78, 5) is 7.93. The Hall–Kier alpha value is -1.40. The van der Waals surface area contributed by atoms with Crippen LogP contribution in [0.2, 0.25) is 0 Å². The average molecular weight is 281 g/mol. The molecular weight excluding hydrogens is 262 g/mol. The first-order chi connectivity index (χ1) is 8.81. The van der Waals surface area contributed by atoms with Crippen molar-refractivity contribution >= 4 is 20.9 Å². The van der Waals surface area contributed by atoms with Crippen LogP contribution in [-0.4, -0.2) is 31.2 Å². The second kappa shape index (κ2) is 4.61. The summed E-state index contributed by atoms with van der Waals surface area (Å²) in [5, 5.41) is 0. The molecule has 6 heteroatoms. The summed E-state index contributed by atoms with van der Waals surface area (Å²) < 4.78 is 23.5. The quantitative estimate of drug-likeness (QED) is 0.890. The molecule has 1 atom stereocenters. The number of H-pyrrole nitrogens is 1. The van der Waals surface area contributed by atoms with Gasteiger partial charge < -0.3 is 10.7 Å². The molecular formula is C13H19N3O2S. The van der Waals surface area contributed by atoms with E-state index in [-0.39, 0.29) is 10.3 Å². The van der Waals surface area contributed by atoms with E-state index in [9.17, 15) is 8.42 Å². The van der Waals surface area contributed by atoms with Crippen molar-refractivity contribution in [3.8, 4) is 0 Å². The first-order valence-electron chi connectivity index (χ1n) is 6.21. The largest absolute Gasteiger partial charge is 0.341 e. The highest BCUT2D eigenvalue weighted by molar-refractivity contribution is 7.91. The van der Waals surface area contributed by atoms with Gasteiger partial charge in [0.25, 0.3) is 0 Å². The molecule has 0 saturated heterocycles. The molecule has 1 aromatic heterocycles. The number of imidazole rings is 1. The van der Waals surface area contributed by atoms with Crippen molar-refractivity contribution in [2.75, 3.05) is 12.8 Å². The lowest BCUT2D eigenvalue weighted by atomic mass is 9.87. The van der Waals surface area contributed by atoms with Crippen molar-refractivity contribution in [2.24, 2.45) is 5.73 Å². The van der Waals surface area contributed by atoms with Crippen molar-refractivity contribution in [1.82, 2.24) is 9.97 Å². The molecule has 104 valence electrons. The van der Waals surface area contributed by atoms with E-state index in [2.05, 4.69) is 9.97 Å². The predicted molar refractivity (Wildman–Crippen MR) is 75.9 cm³/mol. The third kappa shape index (κ3) is 2.37. The molecule has 0 spiro atoms. The Bertz CT molecular complexity index is 700. The molecule has 0 aliphatic carbocycles. The minimum Gasteiger partial charge on any atom is -0.341 e. The number of sulfone groups is 1. The molecule has 0 aliphatic heterocycles. The van der Waals surface area contributed by atoms with Crippen LogP contribution >= 0.6 is 0 Å². The Morgan fingerprint density at radius 2 is 2.11 bits per heavy atom. The monoisotopic (exact) mass is 281 g/mol. The van der Waals surface area contributed by atoms with Crippen LogP contribution in [0.3, 0.4) is 0 Å². The van der Waals surface area contributed by atoms with Crippen molar-refractivity contribution in [3.05, 3.63) is 24.0 Å². The predicted octanol–water partition coefficient (Wildman–Crippen LogP) is 1.59. The van der Waals surface area contributed by atoms with Gasteiger partial charge in [0.05, 0.1) is 10.4 Å². The summed E-state index contributed by atoms with van der Waals surface area (Å²) in [6.07, 6.45) is 2.02. The Kier molecular flexibility index (Phi) is 3.40. The number of nitrogens with zero attached hydrogens (tertiary/aromatic N) is 1. The van der Waals surface area contributed by atoms with Crippen molar-refractivity contribution < 1.29 is 8.42 Å². The van der Waals surface area contributed by atoms with Gasteiger partial charge in [-0.05, 0) is 18.6 Å². The highest BCUT2D eigenvalue weighted by Gasteiger charge is 2.27. The Labute approximate surface area is 113 Å². The molecule has 0 fully saturated rings. The maximum atomic E-state index is 11.8. The van der Waals surface area contributed by atoms with Gasteiger partial charge in [0, 0.05) is 18.2 Å². The van der Waals surface area contributed by atoms with Gasteiger partial charge in [-0.25, -0.2) is 13.4 Å². The number of hydrogen-bond donors (Lipinski definition) is 2. The van der Waals surface area contributed by atoms with E-state index in [1.165, 1.54) is 6.26 Å². The molecule has 1 aromatic carbocycles. The van der Waals surface area contributed by atoms with Crippen molar-refractivity contribution in [1.29, 1.82) is 0 Å². The summed E-state index contributed by atoms with van der Waals surface area (Å²) in [5.41, 5.74) is 6.77. The average Bonchev–Trinajstić information content (AvgIpc) is 2.80. The van der Waals surface area contributed by atoms with Gasteiger partial charge in [0.1, 0.15) is 11.3 Å². The first-order valence-corrected chi connectivity index (χ1v) is 8.10. The van der Waals surface area contributed by atoms with E-state index in [1.54, 1.807) is 12.1 Å². The molecule has 0 bridgehead atoms. The third-order valence-electron chi connectivity index (χ3n) is 3.68. The number of benzene rings is 1. The van der Waals surface area contributed by atoms with E-state index < -0.39 is 9.84 Å². The number of aromatic nitrogens is 2. The van der Waals surface area contributed by atoms with Crippen LogP contribution in [0.25, 0.3) is 11.0 Å². The molecule has 0 amide bonds. The molecule has 1 heterocycles. The van der Waals surface area contributed by atoms with Crippen LogP contribution in [0.4, 0.5) is 0 Å². The zero-order valence-electron chi connectivity index (χ0n) is 11.4. The van der Waals surface area contributed by atoms with E-state index in [4.69, 9.17) is 5.73 Å². The summed E-state index contributed by atoms with van der Waals surface area (Å²) in [5.74, 6) is 0.739. The minimum absolute atomic E-state index is 0.253. The fraction of sp³-hybridized carbons (Fsp3) is 0.462. The second-order valence-electron chi connectivity index (χ2n) is 5.13. The van der Waals surface area contributed by atoms with Crippen LogP contribution in [0.5, 0.6) is 0 Å². The lowest BCUT2D eigenvalue weighted by Crippen LogP contribution is -2.32. The number of aromatic amines is 1. The normalized spacial score (nSPS) is 15.6. The maximum absolute atomic E-state index is 11.8. The molecule has 1 unspecified atom stereocenters. The fourth-order valence-electron chi connectivity index (χ4n) is 2.00. The van der Waals surface area contributed by atoms with E-state index in [1.807, 2.05) is 19.9 Å². The Morgan fingerprint density at radius 1 is 1.42 bits per heavy atom. The summed E-state index contributed by atoms with van der Waals surface area (Å²) in [6, 6.07) is 5.12. The summed E-state index contributed by atoms with van der Waals surface area (Å²) in [6.45, 7) is 4.51. The van der Waals surface area contributed by atoms with Gasteiger partial charge in [-0.1, -0.05) is 19.9 Å². The van der Waals surface area contributed by atoms with Crippen LogP contribution < -0.4 is 5.73 Å². The second-order valence-corrected chi connectivity index (χ2v) is 7.11. The van der Waals surface area contributed by atoms with Gasteiger partial charge in [-0.2, -0.15) is 0 Å². The van der Waals surface area contributed by atoms with Gasteiger partial charge in [0.15, 0.2) is 9.84 Å². The summed E-state index contributed by atoms with van der Waals surface area (Å²) in [7, 11) is -3.29. The highest BCUT2D eigenvalue weighted by atomic mass is 32.2. The molecule has 0 aliphatic rings. The molecule has 2 aromatic rings. The lowest BCUT2D eigenvalue weighted by molar-refractivity contribution is 0.443. The minimum atomic E-state index is -3.29. The van der Waals surface area contributed by atoms with E-state index in [0.29, 0.717) is 12.1 Å². The third-order valence-corrected chi connectivity index (χ3v) is 4.81. The van der Waals surface area contributed by atoms with Crippen LogP contribution in [0, 0.1) is 0 Å². The topological polar surface area (TPSA) is 88.8 Å². The van der Waals surface area contributed by atoms with Gasteiger partial charge in [0.2, 0.25) is 0 Å². The fourth-order valence-corrected chi connectivity index (χ4v) is 2.83. The van der Waals surface area contributed by atoms with E-state index >= 15 is 0 Å². The van der Waals surface area contributed by atoms with Crippen molar-refractivity contribution in [3.63, 3.8) is 0 Å². The highest BCUT2D eigenvalue weighted by Crippen LogP contribution is 2.28. The lowest BCUT2D eigenvalue weighted by Gasteiger charge is -2.23. The number of nitrogens with two attached hydrogens (primary N) is 1. The van der Waals surface area contributed by atoms with Gasteiger partial charge in [-0.3, -0.25) is 0 Å². The van der Waals surface area contributed by atoms with Crippen LogP contribution in [0.15, 0.2) is 23.1 Å². The number of rotatable bonds is 4. The standard InChI is InChI=1S/C13H19N3O2S/c1-4-13(2,8-14)12-15-9-6-5-7-10(11(9)16-12)19(3,17)18/h5-7H,4,8,14H2,1-3H3,(H,15,16). The molecule has 0 saturated carbocycles. The van der Waals surface area contributed by atoms with E-state index in [0.717, 1.165) is 17.8 Å². The molecule has 2 rings (SSSR count). The SMILES string of the molecule is CCC(C)(CN)c1nc2c(S(C)(=O)=O)cccc2[nH]1. The van der Waals surface area contributed by atoms with Crippen LogP contribution in [0.1, 0.15) is 26.1 Å².